The van der Waals surface area contributed by atoms with Crippen molar-refractivity contribution < 1.29 is 27.5 Å². The van der Waals surface area contributed by atoms with E-state index in [0.29, 0.717) is 37.6 Å². The molecule has 1 saturated heterocycles. The Balaban J connectivity index is 1.45. The van der Waals surface area contributed by atoms with Crippen LogP contribution < -0.4 is 10.2 Å². The number of aryl methyl sites for hydroxylation is 2. The van der Waals surface area contributed by atoms with Crippen LogP contribution in [0.3, 0.4) is 0 Å². The summed E-state index contributed by atoms with van der Waals surface area (Å²) in [6.07, 6.45) is -4.39. The molecule has 1 amide bonds. The van der Waals surface area contributed by atoms with Crippen LogP contribution in [0.25, 0.3) is 10.9 Å². The lowest BCUT2D eigenvalue weighted by molar-refractivity contribution is -0.137. The summed E-state index contributed by atoms with van der Waals surface area (Å²) < 4.78 is 45.8. The SMILES string of the molecule is COC(=O)c1c(NC(=O)CN2CCN(c3cccc(C(F)(F)F)c3)CC2)c2c(C)cccc2n1C. The van der Waals surface area contributed by atoms with Gasteiger partial charge in [0.2, 0.25) is 5.91 Å². The fourth-order valence-corrected chi connectivity index (χ4v) is 4.55. The number of halogens is 3. The van der Waals surface area contributed by atoms with Crippen molar-refractivity contribution in [1.82, 2.24) is 9.47 Å². The van der Waals surface area contributed by atoms with Crippen LogP contribution in [0.15, 0.2) is 42.5 Å². The topological polar surface area (TPSA) is 66.8 Å². The third-order valence-electron chi connectivity index (χ3n) is 6.36. The highest BCUT2D eigenvalue weighted by atomic mass is 19.4. The zero-order valence-electron chi connectivity index (χ0n) is 19.8. The van der Waals surface area contributed by atoms with Crippen molar-refractivity contribution in [3.8, 4) is 0 Å². The molecule has 0 atom stereocenters. The van der Waals surface area contributed by atoms with Gasteiger partial charge in [0.15, 0.2) is 5.69 Å². The summed E-state index contributed by atoms with van der Waals surface area (Å²) in [5.41, 5.74) is 2.23. The fraction of sp³-hybridized carbons (Fsp3) is 0.360. The number of nitrogens with zero attached hydrogens (tertiary/aromatic N) is 3. The largest absolute Gasteiger partial charge is 0.464 e. The number of carbonyl (C=O) groups excluding carboxylic acids is 2. The second-order valence-electron chi connectivity index (χ2n) is 8.60. The molecule has 1 aromatic heterocycles. The van der Waals surface area contributed by atoms with E-state index >= 15 is 0 Å². The van der Waals surface area contributed by atoms with E-state index in [1.165, 1.54) is 13.2 Å². The molecular formula is C25H27F3N4O3. The first-order valence-corrected chi connectivity index (χ1v) is 11.2. The third-order valence-corrected chi connectivity index (χ3v) is 6.36. The van der Waals surface area contributed by atoms with Gasteiger partial charge in [0.1, 0.15) is 0 Å². The van der Waals surface area contributed by atoms with Crippen LogP contribution in [0.5, 0.6) is 0 Å². The van der Waals surface area contributed by atoms with Gasteiger partial charge in [-0.15, -0.1) is 0 Å². The van der Waals surface area contributed by atoms with Crippen molar-refractivity contribution in [3.05, 3.63) is 59.3 Å². The number of piperazine rings is 1. The number of alkyl halides is 3. The highest BCUT2D eigenvalue weighted by Crippen LogP contribution is 2.34. The number of nitrogens with one attached hydrogen (secondary N) is 1. The average molecular weight is 489 g/mol. The fourth-order valence-electron chi connectivity index (χ4n) is 4.55. The van der Waals surface area contributed by atoms with Gasteiger partial charge < -0.3 is 19.5 Å². The predicted octanol–water partition coefficient (Wildman–Crippen LogP) is 4.05. The molecule has 0 spiro atoms. The molecule has 1 N–H and O–H groups in total. The number of esters is 1. The Bertz CT molecular complexity index is 1260. The molecule has 4 rings (SSSR count). The minimum atomic E-state index is -4.39. The molecule has 35 heavy (non-hydrogen) atoms. The molecule has 1 aliphatic rings. The van der Waals surface area contributed by atoms with Gasteiger partial charge in [-0.1, -0.05) is 18.2 Å². The van der Waals surface area contributed by atoms with Gasteiger partial charge in [0.25, 0.3) is 0 Å². The summed E-state index contributed by atoms with van der Waals surface area (Å²) >= 11 is 0. The van der Waals surface area contributed by atoms with Gasteiger partial charge in [-0.05, 0) is 36.8 Å². The Labute approximate surface area is 201 Å². The molecule has 0 radical (unpaired) electrons. The molecular weight excluding hydrogens is 461 g/mol. The standard InChI is InChI=1S/C25H27F3N4O3/c1-16-6-4-9-19-21(16)22(23(30(19)2)24(34)35-3)29-20(33)15-31-10-12-32(13-11-31)18-8-5-7-17(14-18)25(26,27)28/h4-9,14H,10-13,15H2,1-3H3,(H,29,33). The molecule has 1 aliphatic heterocycles. The van der Waals surface area contributed by atoms with Crippen LogP contribution in [0.4, 0.5) is 24.5 Å². The number of anilines is 2. The van der Waals surface area contributed by atoms with Crippen LogP contribution in [0, 0.1) is 6.92 Å². The first kappa shape index (κ1) is 24.6. The van der Waals surface area contributed by atoms with E-state index in [1.54, 1.807) is 17.7 Å². The Morgan fingerprint density at radius 2 is 1.74 bits per heavy atom. The maximum absolute atomic E-state index is 13.0. The van der Waals surface area contributed by atoms with E-state index in [0.717, 1.165) is 28.6 Å². The summed E-state index contributed by atoms with van der Waals surface area (Å²) in [4.78, 5) is 29.3. The lowest BCUT2D eigenvalue weighted by Gasteiger charge is -2.36. The molecule has 7 nitrogen and oxygen atoms in total. The number of hydrogen-bond acceptors (Lipinski definition) is 5. The molecule has 0 aliphatic carbocycles. The van der Waals surface area contributed by atoms with Crippen molar-refractivity contribution >= 4 is 34.2 Å². The molecule has 0 unspecified atom stereocenters. The van der Waals surface area contributed by atoms with Crippen LogP contribution >= 0.6 is 0 Å². The summed E-state index contributed by atoms with van der Waals surface area (Å²) in [5, 5.41) is 3.68. The molecule has 2 aromatic carbocycles. The number of rotatable bonds is 5. The average Bonchev–Trinajstić information content (AvgIpc) is 3.11. The number of amides is 1. The minimum Gasteiger partial charge on any atom is -0.464 e. The number of methoxy groups -OCH3 is 1. The highest BCUT2D eigenvalue weighted by Gasteiger charge is 2.31. The predicted molar refractivity (Wildman–Crippen MR) is 128 cm³/mol. The number of fused-ring (bicyclic) bond motifs is 1. The van der Waals surface area contributed by atoms with Crippen LogP contribution in [0.1, 0.15) is 21.6 Å². The smallest absolute Gasteiger partial charge is 0.416 e. The number of carbonyl (C=O) groups is 2. The normalized spacial score (nSPS) is 14.9. The Hall–Kier alpha value is -3.53. The van der Waals surface area contributed by atoms with Crippen molar-refractivity contribution in [1.29, 1.82) is 0 Å². The summed E-state index contributed by atoms with van der Waals surface area (Å²) in [5.74, 6) is -0.827. The van der Waals surface area contributed by atoms with Crippen molar-refractivity contribution in [3.63, 3.8) is 0 Å². The first-order chi connectivity index (χ1) is 16.6. The zero-order valence-corrected chi connectivity index (χ0v) is 19.8. The summed E-state index contributed by atoms with van der Waals surface area (Å²) in [7, 11) is 3.04. The molecule has 0 saturated carbocycles. The lowest BCUT2D eigenvalue weighted by atomic mass is 10.1. The van der Waals surface area contributed by atoms with Gasteiger partial charge in [-0.25, -0.2) is 4.79 Å². The van der Waals surface area contributed by atoms with Crippen LogP contribution in [-0.4, -0.2) is 61.2 Å². The van der Waals surface area contributed by atoms with Crippen molar-refractivity contribution in [2.45, 2.75) is 13.1 Å². The van der Waals surface area contributed by atoms with E-state index in [2.05, 4.69) is 5.32 Å². The van der Waals surface area contributed by atoms with Crippen molar-refractivity contribution in [2.75, 3.05) is 50.1 Å². The molecule has 3 aromatic rings. The Morgan fingerprint density at radius 3 is 2.40 bits per heavy atom. The second-order valence-corrected chi connectivity index (χ2v) is 8.60. The van der Waals surface area contributed by atoms with Gasteiger partial charge >= 0.3 is 12.1 Å². The Morgan fingerprint density at radius 1 is 1.06 bits per heavy atom. The molecule has 10 heteroatoms. The molecule has 186 valence electrons. The van der Waals surface area contributed by atoms with Crippen LogP contribution in [-0.2, 0) is 22.8 Å². The van der Waals surface area contributed by atoms with E-state index < -0.39 is 17.7 Å². The van der Waals surface area contributed by atoms with Gasteiger partial charge in [-0.3, -0.25) is 9.69 Å². The molecule has 1 fully saturated rings. The first-order valence-electron chi connectivity index (χ1n) is 11.2. The quantitative estimate of drug-likeness (QED) is 0.549. The lowest BCUT2D eigenvalue weighted by Crippen LogP contribution is -2.48. The monoisotopic (exact) mass is 488 g/mol. The molecule has 0 bridgehead atoms. The number of aromatic nitrogens is 1. The highest BCUT2D eigenvalue weighted by molar-refractivity contribution is 6.12. The Kier molecular flexibility index (Phi) is 6.75. The zero-order chi connectivity index (χ0) is 25.3. The summed E-state index contributed by atoms with van der Waals surface area (Å²) in [6, 6.07) is 10.9. The van der Waals surface area contributed by atoms with E-state index in [4.69, 9.17) is 4.74 Å². The second kappa shape index (κ2) is 9.61. The number of benzene rings is 2. The van der Waals surface area contributed by atoms with Gasteiger partial charge in [0, 0.05) is 44.3 Å². The third kappa shape index (κ3) is 4.97. The maximum atomic E-state index is 13.0. The van der Waals surface area contributed by atoms with E-state index in [1.807, 2.05) is 34.9 Å². The maximum Gasteiger partial charge on any atom is 0.416 e. The van der Waals surface area contributed by atoms with E-state index in [9.17, 15) is 22.8 Å². The number of ether oxygens (including phenoxy) is 1. The van der Waals surface area contributed by atoms with Crippen LogP contribution in [0.2, 0.25) is 0 Å². The van der Waals surface area contributed by atoms with Crippen molar-refractivity contribution in [2.24, 2.45) is 7.05 Å². The van der Waals surface area contributed by atoms with Gasteiger partial charge in [0.05, 0.1) is 30.4 Å². The van der Waals surface area contributed by atoms with Gasteiger partial charge in [-0.2, -0.15) is 13.2 Å². The minimum absolute atomic E-state index is 0.0965. The van der Waals surface area contributed by atoms with E-state index in [-0.39, 0.29) is 18.1 Å². The number of hydrogen-bond donors (Lipinski definition) is 1. The summed E-state index contributed by atoms with van der Waals surface area (Å²) in [6.45, 7) is 4.03. The molecule has 2 heterocycles.